The highest BCUT2D eigenvalue weighted by Gasteiger charge is 2.23. The maximum Gasteiger partial charge on any atom is 0.142 e. The minimum absolute atomic E-state index is 0.203. The van der Waals surface area contributed by atoms with Gasteiger partial charge in [-0.25, -0.2) is 14.4 Å². The van der Waals surface area contributed by atoms with Crippen LogP contribution in [0.15, 0.2) is 49.1 Å². The van der Waals surface area contributed by atoms with Crippen LogP contribution in [0.1, 0.15) is 18.4 Å². The molecule has 1 saturated heterocycles. The van der Waals surface area contributed by atoms with Gasteiger partial charge in [0.2, 0.25) is 0 Å². The molecule has 0 unspecified atom stereocenters. The Kier molecular flexibility index (Phi) is 4.52. The van der Waals surface area contributed by atoms with Gasteiger partial charge in [0.05, 0.1) is 23.6 Å². The summed E-state index contributed by atoms with van der Waals surface area (Å²) in [7, 11) is 0. The number of anilines is 1. The average Bonchev–Trinajstić information content (AvgIpc) is 2.67. The summed E-state index contributed by atoms with van der Waals surface area (Å²) in [5.41, 5.74) is 1.72. The molecular formula is C19H19FN4O. The van der Waals surface area contributed by atoms with E-state index in [2.05, 4.69) is 19.9 Å². The lowest BCUT2D eigenvalue weighted by molar-refractivity contribution is 0.0249. The molecular weight excluding hydrogens is 319 g/mol. The fourth-order valence-corrected chi connectivity index (χ4v) is 3.22. The Bertz CT molecular complexity index is 845. The summed E-state index contributed by atoms with van der Waals surface area (Å²) in [6.45, 7) is 2.15. The minimum atomic E-state index is -0.275. The molecule has 0 aliphatic carbocycles. The quantitative estimate of drug-likeness (QED) is 0.730. The van der Waals surface area contributed by atoms with E-state index in [-0.39, 0.29) is 11.9 Å². The van der Waals surface area contributed by atoms with Gasteiger partial charge in [0, 0.05) is 25.5 Å². The first kappa shape index (κ1) is 15.9. The first-order chi connectivity index (χ1) is 12.3. The number of ether oxygens (including phenoxy) is 1. The average molecular weight is 338 g/mol. The zero-order valence-corrected chi connectivity index (χ0v) is 13.8. The highest BCUT2D eigenvalue weighted by Crippen LogP contribution is 2.28. The third-order valence-corrected chi connectivity index (χ3v) is 4.54. The van der Waals surface area contributed by atoms with E-state index >= 15 is 0 Å². The molecule has 1 aromatic carbocycles. The summed E-state index contributed by atoms with van der Waals surface area (Å²) in [6, 6.07) is 8.87. The van der Waals surface area contributed by atoms with Crippen molar-refractivity contribution in [3.63, 3.8) is 0 Å². The van der Waals surface area contributed by atoms with E-state index < -0.39 is 0 Å². The van der Waals surface area contributed by atoms with Gasteiger partial charge in [0.1, 0.15) is 18.0 Å². The van der Waals surface area contributed by atoms with Crippen molar-refractivity contribution in [1.29, 1.82) is 0 Å². The van der Waals surface area contributed by atoms with E-state index in [9.17, 15) is 4.39 Å². The van der Waals surface area contributed by atoms with Crippen LogP contribution >= 0.6 is 0 Å². The summed E-state index contributed by atoms with van der Waals surface area (Å²) >= 11 is 0. The van der Waals surface area contributed by atoms with Crippen molar-refractivity contribution in [3.8, 4) is 0 Å². The molecule has 5 nitrogen and oxygen atoms in total. The molecule has 0 bridgehead atoms. The predicted molar refractivity (Wildman–Crippen MR) is 93.8 cm³/mol. The molecule has 0 N–H and O–H groups in total. The van der Waals surface area contributed by atoms with Crippen LogP contribution in [0.4, 0.5) is 10.2 Å². The summed E-state index contributed by atoms with van der Waals surface area (Å²) in [5, 5.41) is 0.500. The molecule has 1 aliphatic heterocycles. The molecule has 25 heavy (non-hydrogen) atoms. The third kappa shape index (κ3) is 3.44. The van der Waals surface area contributed by atoms with Gasteiger partial charge in [0.25, 0.3) is 0 Å². The number of piperidine rings is 1. The highest BCUT2D eigenvalue weighted by atomic mass is 19.1. The molecule has 128 valence electrons. The Labute approximate surface area is 145 Å². The zero-order valence-electron chi connectivity index (χ0n) is 13.8. The number of nitrogens with zero attached hydrogens (tertiary/aromatic N) is 4. The number of benzene rings is 1. The lowest BCUT2D eigenvalue weighted by atomic mass is 10.1. The zero-order chi connectivity index (χ0) is 17.1. The van der Waals surface area contributed by atoms with E-state index in [1.54, 1.807) is 12.3 Å². The van der Waals surface area contributed by atoms with Gasteiger partial charge in [-0.15, -0.1) is 0 Å². The smallest absolute Gasteiger partial charge is 0.142 e. The number of fused-ring (bicyclic) bond motifs is 1. The molecule has 0 saturated carbocycles. The van der Waals surface area contributed by atoms with Crippen LogP contribution < -0.4 is 4.90 Å². The second kappa shape index (κ2) is 7.11. The highest BCUT2D eigenvalue weighted by molar-refractivity contribution is 5.89. The summed E-state index contributed by atoms with van der Waals surface area (Å²) in [4.78, 5) is 14.7. The topological polar surface area (TPSA) is 51.1 Å². The van der Waals surface area contributed by atoms with Gasteiger partial charge >= 0.3 is 0 Å². The number of rotatable bonds is 4. The van der Waals surface area contributed by atoms with Crippen LogP contribution in [0.3, 0.4) is 0 Å². The molecule has 0 atom stereocenters. The second-order valence-electron chi connectivity index (χ2n) is 6.19. The Balaban J connectivity index is 1.42. The lowest BCUT2D eigenvalue weighted by Crippen LogP contribution is -2.37. The van der Waals surface area contributed by atoms with Gasteiger partial charge < -0.3 is 9.64 Å². The normalized spacial score (nSPS) is 15.6. The Morgan fingerprint density at radius 1 is 1.12 bits per heavy atom. The summed E-state index contributed by atoms with van der Waals surface area (Å²) in [5.74, 6) is 0.400. The summed E-state index contributed by atoms with van der Waals surface area (Å²) in [6.07, 6.45) is 7.06. The Hall–Kier alpha value is -2.60. The van der Waals surface area contributed by atoms with Gasteiger partial charge in [-0.2, -0.15) is 0 Å². The lowest BCUT2D eigenvalue weighted by Gasteiger charge is -2.33. The largest absolute Gasteiger partial charge is 0.373 e. The fourth-order valence-electron chi connectivity index (χ4n) is 3.22. The number of hydrogen-bond acceptors (Lipinski definition) is 5. The Morgan fingerprint density at radius 3 is 2.80 bits per heavy atom. The van der Waals surface area contributed by atoms with Crippen molar-refractivity contribution in [1.82, 2.24) is 15.0 Å². The van der Waals surface area contributed by atoms with E-state index in [4.69, 9.17) is 4.74 Å². The molecule has 6 heteroatoms. The van der Waals surface area contributed by atoms with E-state index in [1.807, 2.05) is 24.4 Å². The Morgan fingerprint density at radius 2 is 2.00 bits per heavy atom. The molecule has 0 amide bonds. The standard InChI is InChI=1S/C19H19FN4O/c20-16-4-1-5-17-18(16)19(23-13-22-17)24-9-6-15(7-10-24)25-12-14-3-2-8-21-11-14/h1-5,8,11,13,15H,6-7,9-10,12H2. The maximum atomic E-state index is 14.2. The van der Waals surface area contributed by atoms with Crippen LogP contribution in [-0.2, 0) is 11.3 Å². The van der Waals surface area contributed by atoms with Gasteiger partial charge in [0.15, 0.2) is 0 Å². The van der Waals surface area contributed by atoms with E-state index in [1.165, 1.54) is 12.4 Å². The first-order valence-electron chi connectivity index (χ1n) is 8.46. The second-order valence-corrected chi connectivity index (χ2v) is 6.19. The fraction of sp³-hybridized carbons (Fsp3) is 0.316. The minimum Gasteiger partial charge on any atom is -0.373 e. The first-order valence-corrected chi connectivity index (χ1v) is 8.46. The summed E-state index contributed by atoms with van der Waals surface area (Å²) < 4.78 is 20.2. The van der Waals surface area contributed by atoms with Crippen LogP contribution in [0.25, 0.3) is 10.9 Å². The third-order valence-electron chi connectivity index (χ3n) is 4.54. The SMILES string of the molecule is Fc1cccc2ncnc(N3CCC(OCc4cccnc4)CC3)c12. The van der Waals surface area contributed by atoms with Gasteiger partial charge in [-0.05, 0) is 36.6 Å². The maximum absolute atomic E-state index is 14.2. The number of aromatic nitrogens is 3. The van der Waals surface area contributed by atoms with E-state index in [0.29, 0.717) is 23.3 Å². The van der Waals surface area contributed by atoms with Crippen LogP contribution in [0.2, 0.25) is 0 Å². The van der Waals surface area contributed by atoms with Gasteiger partial charge in [-0.1, -0.05) is 12.1 Å². The monoisotopic (exact) mass is 338 g/mol. The molecule has 2 aromatic heterocycles. The molecule has 3 heterocycles. The number of halogens is 1. The number of hydrogen-bond donors (Lipinski definition) is 0. The van der Waals surface area contributed by atoms with Crippen molar-refractivity contribution in [2.75, 3.05) is 18.0 Å². The van der Waals surface area contributed by atoms with Crippen molar-refractivity contribution in [2.45, 2.75) is 25.6 Å². The number of pyridine rings is 1. The van der Waals surface area contributed by atoms with Gasteiger partial charge in [-0.3, -0.25) is 4.98 Å². The van der Waals surface area contributed by atoms with Crippen molar-refractivity contribution >= 4 is 16.7 Å². The molecule has 0 spiro atoms. The molecule has 1 fully saturated rings. The van der Waals surface area contributed by atoms with Crippen molar-refractivity contribution in [2.24, 2.45) is 0 Å². The van der Waals surface area contributed by atoms with Crippen molar-refractivity contribution < 1.29 is 9.13 Å². The molecule has 3 aromatic rings. The van der Waals surface area contributed by atoms with Crippen LogP contribution in [-0.4, -0.2) is 34.1 Å². The molecule has 4 rings (SSSR count). The van der Waals surface area contributed by atoms with Crippen LogP contribution in [0.5, 0.6) is 0 Å². The van der Waals surface area contributed by atoms with E-state index in [0.717, 1.165) is 31.5 Å². The van der Waals surface area contributed by atoms with Crippen molar-refractivity contribution in [3.05, 3.63) is 60.4 Å². The molecule has 0 radical (unpaired) electrons. The van der Waals surface area contributed by atoms with Crippen LogP contribution in [0, 0.1) is 5.82 Å². The predicted octanol–water partition coefficient (Wildman–Crippen LogP) is 3.35. The molecule has 1 aliphatic rings.